The van der Waals surface area contributed by atoms with E-state index >= 15 is 0 Å². The quantitative estimate of drug-likeness (QED) is 0.718. The van der Waals surface area contributed by atoms with Crippen molar-refractivity contribution in [2.75, 3.05) is 6.54 Å². The number of fused-ring (bicyclic) bond motifs is 1. The first-order valence-corrected chi connectivity index (χ1v) is 9.07. The zero-order valence-corrected chi connectivity index (χ0v) is 14.8. The molecule has 1 aromatic carbocycles. The number of nitrogens with one attached hydrogen (secondary N) is 1. The van der Waals surface area contributed by atoms with Gasteiger partial charge in [0, 0.05) is 18.3 Å². The van der Waals surface area contributed by atoms with E-state index in [-0.39, 0.29) is 0 Å². The van der Waals surface area contributed by atoms with Crippen LogP contribution >= 0.6 is 0 Å². The lowest BCUT2D eigenvalue weighted by atomic mass is 10.0. The Morgan fingerprint density at radius 1 is 1.32 bits per heavy atom. The predicted octanol–water partition coefficient (Wildman–Crippen LogP) is 3.98. The van der Waals surface area contributed by atoms with Crippen molar-refractivity contribution in [1.29, 1.82) is 0 Å². The van der Waals surface area contributed by atoms with E-state index in [1.807, 2.05) is 16.8 Å². The van der Waals surface area contributed by atoms with Crippen molar-refractivity contribution in [3.05, 3.63) is 60.2 Å². The van der Waals surface area contributed by atoms with E-state index in [1.54, 1.807) is 0 Å². The van der Waals surface area contributed by atoms with Gasteiger partial charge in [-0.15, -0.1) is 6.58 Å². The number of hydrogen-bond donors (Lipinski definition) is 1. The smallest absolute Gasteiger partial charge is 0.124 e. The van der Waals surface area contributed by atoms with E-state index in [4.69, 9.17) is 4.98 Å². The van der Waals surface area contributed by atoms with Gasteiger partial charge in [-0.3, -0.25) is 9.58 Å². The number of likely N-dealkylation sites (tertiary alicyclic amines) is 1. The summed E-state index contributed by atoms with van der Waals surface area (Å²) < 4.78 is 1.97. The summed E-state index contributed by atoms with van der Waals surface area (Å²) in [4.78, 5) is 10.9. The first-order chi connectivity index (χ1) is 12.2. The third kappa shape index (κ3) is 3.24. The number of para-hydroxylation sites is 2. The average molecular weight is 335 g/mol. The second-order valence-electron chi connectivity index (χ2n) is 6.87. The predicted molar refractivity (Wildman–Crippen MR) is 100 cm³/mol. The molecule has 1 saturated heterocycles. The van der Waals surface area contributed by atoms with Crippen molar-refractivity contribution < 1.29 is 0 Å². The maximum absolute atomic E-state index is 4.85. The van der Waals surface area contributed by atoms with Gasteiger partial charge < -0.3 is 4.98 Å². The van der Waals surface area contributed by atoms with Crippen LogP contribution in [0.3, 0.4) is 0 Å². The minimum Gasteiger partial charge on any atom is -0.341 e. The van der Waals surface area contributed by atoms with Crippen molar-refractivity contribution in [3.63, 3.8) is 0 Å². The van der Waals surface area contributed by atoms with E-state index in [1.165, 1.54) is 18.4 Å². The van der Waals surface area contributed by atoms with Crippen molar-refractivity contribution in [1.82, 2.24) is 24.6 Å². The zero-order chi connectivity index (χ0) is 17.2. The largest absolute Gasteiger partial charge is 0.341 e. The first-order valence-electron chi connectivity index (χ1n) is 9.07. The molecule has 1 aliphatic rings. The Kier molecular flexibility index (Phi) is 4.40. The molecule has 0 spiro atoms. The Balaban J connectivity index is 1.59. The van der Waals surface area contributed by atoms with Crippen LogP contribution in [0, 0.1) is 6.92 Å². The van der Waals surface area contributed by atoms with Crippen LogP contribution in [-0.4, -0.2) is 31.2 Å². The molecule has 5 heteroatoms. The van der Waals surface area contributed by atoms with Gasteiger partial charge in [0.2, 0.25) is 0 Å². The normalized spacial score (nSPS) is 18.7. The maximum atomic E-state index is 4.85. The summed E-state index contributed by atoms with van der Waals surface area (Å²) >= 11 is 0. The third-order valence-electron chi connectivity index (χ3n) is 5.07. The van der Waals surface area contributed by atoms with Gasteiger partial charge in [0.15, 0.2) is 0 Å². The summed E-state index contributed by atoms with van der Waals surface area (Å²) in [5.41, 5.74) is 4.58. The molecular weight excluding hydrogens is 310 g/mol. The van der Waals surface area contributed by atoms with E-state index in [9.17, 15) is 0 Å². The van der Waals surface area contributed by atoms with Crippen LogP contribution in [0.5, 0.6) is 0 Å². The van der Waals surface area contributed by atoms with Gasteiger partial charge in [0.1, 0.15) is 5.82 Å². The van der Waals surface area contributed by atoms with E-state index < -0.39 is 0 Å². The summed E-state index contributed by atoms with van der Waals surface area (Å²) in [5, 5.41) is 4.59. The summed E-state index contributed by atoms with van der Waals surface area (Å²) in [6.45, 7) is 8.68. The van der Waals surface area contributed by atoms with Gasteiger partial charge in [-0.25, -0.2) is 4.98 Å². The molecular formula is C20H25N5. The number of benzene rings is 1. The zero-order valence-electron chi connectivity index (χ0n) is 14.8. The molecule has 1 aliphatic heterocycles. The molecule has 1 unspecified atom stereocenters. The number of piperidine rings is 1. The minimum atomic E-state index is 0.350. The second-order valence-corrected chi connectivity index (χ2v) is 6.87. The molecule has 0 bridgehead atoms. The molecule has 0 aliphatic carbocycles. The van der Waals surface area contributed by atoms with Gasteiger partial charge >= 0.3 is 0 Å². The number of imidazole rings is 1. The Bertz CT molecular complexity index is 842. The highest BCUT2D eigenvalue weighted by Crippen LogP contribution is 2.32. The molecule has 4 rings (SSSR count). The van der Waals surface area contributed by atoms with Crippen LogP contribution in [0.1, 0.15) is 42.4 Å². The Morgan fingerprint density at radius 2 is 2.20 bits per heavy atom. The molecule has 1 atom stereocenters. The number of aryl methyl sites for hydroxylation is 1. The molecule has 1 fully saturated rings. The Morgan fingerprint density at radius 3 is 3.04 bits per heavy atom. The van der Waals surface area contributed by atoms with Crippen molar-refractivity contribution in [2.45, 2.75) is 45.3 Å². The molecule has 3 aromatic rings. The standard InChI is InChI=1S/C20H25N5/c1-3-11-25-14-16(15(2)23-25)13-24-12-7-6-10-19(24)20-21-17-8-4-5-9-18(17)22-20/h3-5,8-9,14,19H,1,6-7,10-13H2,2H3,(H,21,22). The van der Waals surface area contributed by atoms with Crippen molar-refractivity contribution in [2.24, 2.45) is 0 Å². The van der Waals surface area contributed by atoms with Crippen LogP contribution in [0.2, 0.25) is 0 Å². The highest BCUT2D eigenvalue weighted by molar-refractivity contribution is 5.74. The van der Waals surface area contributed by atoms with Gasteiger partial charge in [0.05, 0.1) is 29.3 Å². The summed E-state index contributed by atoms with van der Waals surface area (Å²) in [6, 6.07) is 8.63. The van der Waals surface area contributed by atoms with Crippen LogP contribution in [-0.2, 0) is 13.1 Å². The summed E-state index contributed by atoms with van der Waals surface area (Å²) in [5.74, 6) is 1.09. The fourth-order valence-corrected chi connectivity index (χ4v) is 3.78. The Labute approximate surface area is 148 Å². The summed E-state index contributed by atoms with van der Waals surface area (Å²) in [7, 11) is 0. The third-order valence-corrected chi connectivity index (χ3v) is 5.07. The molecule has 0 amide bonds. The second kappa shape index (κ2) is 6.84. The number of H-pyrrole nitrogens is 1. The number of aromatic amines is 1. The minimum absolute atomic E-state index is 0.350. The van der Waals surface area contributed by atoms with Gasteiger partial charge in [-0.2, -0.15) is 5.10 Å². The number of nitrogens with zero attached hydrogens (tertiary/aromatic N) is 4. The molecule has 0 saturated carbocycles. The van der Waals surface area contributed by atoms with Crippen LogP contribution in [0.4, 0.5) is 0 Å². The molecule has 2 aromatic heterocycles. The monoisotopic (exact) mass is 335 g/mol. The number of hydrogen-bond acceptors (Lipinski definition) is 3. The molecule has 1 N–H and O–H groups in total. The van der Waals surface area contributed by atoms with Crippen LogP contribution in [0.15, 0.2) is 43.1 Å². The van der Waals surface area contributed by atoms with Gasteiger partial charge in [-0.1, -0.05) is 24.6 Å². The molecule has 0 radical (unpaired) electrons. The first kappa shape index (κ1) is 16.1. The SMILES string of the molecule is C=CCn1cc(CN2CCCCC2c2nc3ccccc3[nH]2)c(C)n1. The Hall–Kier alpha value is -2.40. The highest BCUT2D eigenvalue weighted by atomic mass is 15.3. The number of aromatic nitrogens is 4. The molecule has 25 heavy (non-hydrogen) atoms. The van der Waals surface area contributed by atoms with E-state index in [0.29, 0.717) is 6.04 Å². The van der Waals surface area contributed by atoms with Crippen molar-refractivity contribution >= 4 is 11.0 Å². The fraction of sp³-hybridized carbons (Fsp3) is 0.400. The average Bonchev–Trinajstić information content (AvgIpc) is 3.19. The van der Waals surface area contributed by atoms with Crippen LogP contribution < -0.4 is 0 Å². The molecule has 5 nitrogen and oxygen atoms in total. The molecule has 130 valence electrons. The molecule has 3 heterocycles. The highest BCUT2D eigenvalue weighted by Gasteiger charge is 2.27. The van der Waals surface area contributed by atoms with E-state index in [0.717, 1.165) is 48.6 Å². The summed E-state index contributed by atoms with van der Waals surface area (Å²) in [6.07, 6.45) is 7.69. The number of allylic oxidation sites excluding steroid dienone is 1. The van der Waals surface area contributed by atoms with E-state index in [2.05, 4.69) is 52.9 Å². The lowest BCUT2D eigenvalue weighted by Crippen LogP contribution is -2.33. The lowest BCUT2D eigenvalue weighted by Gasteiger charge is -2.34. The van der Waals surface area contributed by atoms with Crippen LogP contribution in [0.25, 0.3) is 11.0 Å². The van der Waals surface area contributed by atoms with Crippen molar-refractivity contribution in [3.8, 4) is 0 Å². The van der Waals surface area contributed by atoms with Gasteiger partial charge in [0.25, 0.3) is 0 Å². The number of rotatable bonds is 5. The van der Waals surface area contributed by atoms with Gasteiger partial charge in [-0.05, 0) is 38.4 Å². The lowest BCUT2D eigenvalue weighted by molar-refractivity contribution is 0.134. The topological polar surface area (TPSA) is 49.7 Å². The maximum Gasteiger partial charge on any atom is 0.124 e. The fourth-order valence-electron chi connectivity index (χ4n) is 3.78.